The summed E-state index contributed by atoms with van der Waals surface area (Å²) in [5.74, 6) is -0.443. The van der Waals surface area contributed by atoms with Crippen LogP contribution in [0.25, 0.3) is 22.4 Å². The second kappa shape index (κ2) is 7.44. The molecule has 0 unspecified atom stereocenters. The van der Waals surface area contributed by atoms with E-state index >= 15 is 0 Å². The summed E-state index contributed by atoms with van der Waals surface area (Å²) in [6, 6.07) is 1.58. The van der Waals surface area contributed by atoms with Gasteiger partial charge in [-0.05, 0) is 6.07 Å². The van der Waals surface area contributed by atoms with Gasteiger partial charge in [-0.1, -0.05) is 0 Å². The lowest BCUT2D eigenvalue weighted by atomic mass is 10.2. The highest BCUT2D eigenvalue weighted by molar-refractivity contribution is 7.14. The Morgan fingerprint density at radius 3 is 2.80 bits per heavy atom. The van der Waals surface area contributed by atoms with E-state index in [2.05, 4.69) is 30.2 Å². The van der Waals surface area contributed by atoms with Crippen LogP contribution in [0.1, 0.15) is 22.7 Å². The number of aryl methyl sites for hydroxylation is 2. The van der Waals surface area contributed by atoms with Gasteiger partial charge >= 0.3 is 5.69 Å². The van der Waals surface area contributed by atoms with Crippen molar-refractivity contribution in [2.45, 2.75) is 12.8 Å². The predicted octanol–water partition coefficient (Wildman–Crippen LogP) is 0.0717. The monoisotopic (exact) mass is 428 g/mol. The maximum atomic E-state index is 12.3. The molecular formula is C17H16N8O4S. The maximum Gasteiger partial charge on any atom is 0.329 e. The van der Waals surface area contributed by atoms with Gasteiger partial charge in [-0.15, -0.1) is 11.3 Å². The van der Waals surface area contributed by atoms with Gasteiger partial charge in [-0.25, -0.2) is 14.8 Å². The van der Waals surface area contributed by atoms with E-state index in [4.69, 9.17) is 5.73 Å². The lowest BCUT2D eigenvalue weighted by Gasteiger charge is -2.00. The smallest absolute Gasteiger partial charge is 0.329 e. The van der Waals surface area contributed by atoms with Crippen molar-refractivity contribution in [3.05, 3.63) is 50.0 Å². The number of anilines is 1. The van der Waals surface area contributed by atoms with Gasteiger partial charge in [0, 0.05) is 37.0 Å². The van der Waals surface area contributed by atoms with Crippen molar-refractivity contribution in [2.24, 2.45) is 12.8 Å². The molecule has 4 rings (SSSR count). The summed E-state index contributed by atoms with van der Waals surface area (Å²) in [7, 11) is 1.49. The van der Waals surface area contributed by atoms with Gasteiger partial charge < -0.3 is 21.0 Å². The molecule has 0 saturated heterocycles. The molecule has 4 aromatic rings. The maximum absolute atomic E-state index is 12.3. The number of hydrogen-bond donors (Lipinski definition) is 5. The van der Waals surface area contributed by atoms with Gasteiger partial charge in [0.05, 0.1) is 5.69 Å². The third kappa shape index (κ3) is 3.65. The van der Waals surface area contributed by atoms with Gasteiger partial charge in [-0.3, -0.25) is 23.9 Å². The zero-order valence-corrected chi connectivity index (χ0v) is 16.4. The molecule has 4 aromatic heterocycles. The number of carbonyl (C=O) groups excluding carboxylic acids is 2. The number of primary amides is 1. The number of imidazole rings is 1. The van der Waals surface area contributed by atoms with Gasteiger partial charge in [0.25, 0.3) is 11.5 Å². The van der Waals surface area contributed by atoms with Crippen molar-refractivity contribution in [1.29, 1.82) is 0 Å². The molecule has 0 aliphatic heterocycles. The molecule has 30 heavy (non-hydrogen) atoms. The fourth-order valence-corrected chi connectivity index (χ4v) is 3.57. The molecule has 2 amide bonds. The van der Waals surface area contributed by atoms with Crippen LogP contribution >= 0.6 is 11.3 Å². The highest BCUT2D eigenvalue weighted by atomic mass is 32.1. The van der Waals surface area contributed by atoms with Crippen LogP contribution in [-0.2, 0) is 18.3 Å². The summed E-state index contributed by atoms with van der Waals surface area (Å²) in [6.45, 7) is 0. The summed E-state index contributed by atoms with van der Waals surface area (Å²) in [4.78, 5) is 63.2. The number of carbonyl (C=O) groups is 2. The van der Waals surface area contributed by atoms with Crippen LogP contribution in [0.5, 0.6) is 0 Å². The van der Waals surface area contributed by atoms with Gasteiger partial charge in [-0.2, -0.15) is 0 Å². The number of amides is 2. The van der Waals surface area contributed by atoms with Crippen molar-refractivity contribution in [3.63, 3.8) is 0 Å². The second-order valence-electron chi connectivity index (χ2n) is 6.45. The average Bonchev–Trinajstić information content (AvgIpc) is 3.43. The molecule has 6 N–H and O–H groups in total. The number of aromatic amines is 3. The average molecular weight is 428 g/mol. The van der Waals surface area contributed by atoms with Crippen molar-refractivity contribution >= 4 is 39.4 Å². The Balaban J connectivity index is 1.41. The minimum absolute atomic E-state index is 0.0938. The Morgan fingerprint density at radius 1 is 1.27 bits per heavy atom. The van der Waals surface area contributed by atoms with E-state index in [1.807, 2.05) is 0 Å². The molecule has 0 saturated carbocycles. The highest BCUT2D eigenvalue weighted by Crippen LogP contribution is 2.25. The van der Waals surface area contributed by atoms with Crippen molar-refractivity contribution in [1.82, 2.24) is 29.5 Å². The molecule has 4 heterocycles. The number of aromatic nitrogens is 6. The van der Waals surface area contributed by atoms with E-state index in [1.165, 1.54) is 23.0 Å². The number of fused-ring (bicyclic) bond motifs is 1. The third-order valence-electron chi connectivity index (χ3n) is 4.39. The van der Waals surface area contributed by atoms with Crippen LogP contribution in [-0.4, -0.2) is 41.3 Å². The number of nitrogens with two attached hydrogens (primary N) is 1. The van der Waals surface area contributed by atoms with Crippen molar-refractivity contribution in [3.8, 4) is 11.3 Å². The Bertz CT molecular complexity index is 1390. The number of hydrogen-bond acceptors (Lipinski definition) is 7. The third-order valence-corrected chi connectivity index (χ3v) is 5.14. The molecule has 13 heteroatoms. The van der Waals surface area contributed by atoms with Gasteiger partial charge in [0.1, 0.15) is 17.0 Å². The van der Waals surface area contributed by atoms with Crippen LogP contribution in [0.4, 0.5) is 5.13 Å². The molecule has 0 atom stereocenters. The van der Waals surface area contributed by atoms with Crippen molar-refractivity contribution < 1.29 is 9.59 Å². The quantitative estimate of drug-likeness (QED) is 0.289. The number of nitrogens with one attached hydrogen (secondary N) is 4. The van der Waals surface area contributed by atoms with Gasteiger partial charge in [0.15, 0.2) is 10.8 Å². The molecule has 0 aliphatic carbocycles. The summed E-state index contributed by atoms with van der Waals surface area (Å²) in [5, 5.41) is 4.85. The predicted molar refractivity (Wildman–Crippen MR) is 109 cm³/mol. The highest BCUT2D eigenvalue weighted by Gasteiger charge is 2.14. The van der Waals surface area contributed by atoms with E-state index in [0.29, 0.717) is 22.2 Å². The standard InChI is InChI=1S/C17H16N8O4S/c1-25-14-12(15(28)24-17(25)29)21-10(22-14)2-3-11(26)23-16-20-9(6-30-16)7-4-8(13(18)27)19-5-7/h4-6,19H,2-3H2,1H3,(H2,18,27)(H,21,22)(H,20,23,26)(H,24,28,29). The normalized spacial score (nSPS) is 11.1. The van der Waals surface area contributed by atoms with Gasteiger partial charge in [0.2, 0.25) is 5.91 Å². The molecular weight excluding hydrogens is 412 g/mol. The number of rotatable bonds is 6. The molecule has 0 aromatic carbocycles. The Labute approximate surface area is 171 Å². The first kappa shape index (κ1) is 19.3. The number of nitrogens with zero attached hydrogens (tertiary/aromatic N) is 3. The number of thiazole rings is 1. The van der Waals surface area contributed by atoms with E-state index in [0.717, 1.165) is 0 Å². The Morgan fingerprint density at radius 2 is 2.07 bits per heavy atom. The van der Waals surface area contributed by atoms with Crippen LogP contribution in [0.15, 0.2) is 27.2 Å². The lowest BCUT2D eigenvalue weighted by Crippen LogP contribution is -2.28. The lowest BCUT2D eigenvalue weighted by molar-refractivity contribution is -0.116. The zero-order valence-electron chi connectivity index (χ0n) is 15.6. The van der Waals surface area contributed by atoms with Crippen LogP contribution in [0, 0.1) is 0 Å². The van der Waals surface area contributed by atoms with Crippen LogP contribution in [0.2, 0.25) is 0 Å². The topological polar surface area (TPSA) is 184 Å². The molecule has 0 radical (unpaired) electrons. The first-order valence-electron chi connectivity index (χ1n) is 8.73. The van der Waals surface area contributed by atoms with Crippen molar-refractivity contribution in [2.75, 3.05) is 5.32 Å². The largest absolute Gasteiger partial charge is 0.364 e. The van der Waals surface area contributed by atoms with E-state index < -0.39 is 17.2 Å². The first-order chi connectivity index (χ1) is 14.3. The summed E-state index contributed by atoms with van der Waals surface area (Å²) in [6.07, 6.45) is 1.94. The minimum atomic E-state index is -0.572. The van der Waals surface area contributed by atoms with Crippen LogP contribution < -0.4 is 22.3 Å². The molecule has 0 spiro atoms. The first-order valence-corrected chi connectivity index (χ1v) is 9.61. The molecule has 0 aliphatic rings. The summed E-state index contributed by atoms with van der Waals surface area (Å²) >= 11 is 1.24. The van der Waals surface area contributed by atoms with E-state index in [-0.39, 0.29) is 35.6 Å². The SMILES string of the molecule is Cn1c(=O)[nH]c(=O)c2[nH]c(CCC(=O)Nc3nc(-c4c[nH]c(C(N)=O)c4)cs3)nc21. The summed E-state index contributed by atoms with van der Waals surface area (Å²) in [5.41, 5.74) is 6.05. The molecule has 0 bridgehead atoms. The second-order valence-corrected chi connectivity index (χ2v) is 7.31. The molecule has 154 valence electrons. The Hall–Kier alpha value is -4.00. The fourth-order valence-electron chi connectivity index (χ4n) is 2.83. The van der Waals surface area contributed by atoms with Crippen LogP contribution in [0.3, 0.4) is 0 Å². The number of H-pyrrole nitrogens is 3. The zero-order chi connectivity index (χ0) is 21.4. The summed E-state index contributed by atoms with van der Waals surface area (Å²) < 4.78 is 1.22. The molecule has 12 nitrogen and oxygen atoms in total. The Kier molecular flexibility index (Phi) is 4.79. The fraction of sp³-hybridized carbons (Fsp3) is 0.176. The van der Waals surface area contributed by atoms with E-state index in [1.54, 1.807) is 17.6 Å². The molecule has 0 fully saturated rings. The minimum Gasteiger partial charge on any atom is -0.364 e. The van der Waals surface area contributed by atoms with E-state index in [9.17, 15) is 19.2 Å².